The van der Waals surface area contributed by atoms with Crippen molar-refractivity contribution in [3.63, 3.8) is 0 Å². The van der Waals surface area contributed by atoms with E-state index in [9.17, 15) is 21.6 Å². The second-order valence-electron chi connectivity index (χ2n) is 5.51. The molecule has 26 heavy (non-hydrogen) atoms. The number of hydrogen-bond acceptors (Lipinski definition) is 5. The van der Waals surface area contributed by atoms with Crippen molar-refractivity contribution in [1.82, 2.24) is 14.9 Å². The molecule has 0 aliphatic carbocycles. The Balaban J connectivity index is 2.56. The number of pyridine rings is 2. The lowest BCUT2D eigenvalue weighted by Gasteiger charge is -2.18. The summed E-state index contributed by atoms with van der Waals surface area (Å²) in [4.78, 5) is 13.4. The largest absolute Gasteiger partial charge is 0.417 e. The number of halogens is 3. The van der Waals surface area contributed by atoms with Crippen LogP contribution in [0.2, 0.25) is 0 Å². The number of hydrogen-bond donors (Lipinski definition) is 0. The summed E-state index contributed by atoms with van der Waals surface area (Å²) in [6.45, 7) is 1.51. The van der Waals surface area contributed by atoms with Crippen LogP contribution in [0.5, 0.6) is 0 Å². The van der Waals surface area contributed by atoms with E-state index < -0.39 is 21.6 Å². The normalized spacial score (nSPS) is 12.9. The molecule has 0 fully saturated rings. The molecule has 140 valence electrons. The summed E-state index contributed by atoms with van der Waals surface area (Å²) in [6, 6.07) is 3.49. The first kappa shape index (κ1) is 19.8. The Morgan fingerprint density at radius 1 is 1.19 bits per heavy atom. The molecule has 0 aliphatic heterocycles. The van der Waals surface area contributed by atoms with Gasteiger partial charge in [-0.05, 0) is 18.2 Å². The summed E-state index contributed by atoms with van der Waals surface area (Å²) < 4.78 is 62.5. The maximum Gasteiger partial charge on any atom is 0.417 e. The van der Waals surface area contributed by atoms with Crippen LogP contribution in [0.4, 0.5) is 19.0 Å². The van der Waals surface area contributed by atoms with Gasteiger partial charge in [0.15, 0.2) is 15.7 Å². The molecule has 0 spiro atoms. The molecule has 0 N–H and O–H groups in total. The van der Waals surface area contributed by atoms with Gasteiger partial charge in [-0.3, -0.25) is 4.98 Å². The zero-order valence-electron chi connectivity index (χ0n) is 14.3. The van der Waals surface area contributed by atoms with Gasteiger partial charge in [0.25, 0.3) is 0 Å². The zero-order chi connectivity index (χ0) is 19.5. The molecule has 6 nitrogen and oxygen atoms in total. The highest BCUT2D eigenvalue weighted by Gasteiger charge is 2.30. The minimum Gasteiger partial charge on any atom is -0.362 e. The van der Waals surface area contributed by atoms with Crippen LogP contribution < -0.4 is 0 Å². The molecule has 0 radical (unpaired) electrons. The fraction of sp³-hybridized carbons (Fsp3) is 0.312. The van der Waals surface area contributed by atoms with E-state index in [4.69, 9.17) is 0 Å². The van der Waals surface area contributed by atoms with Crippen molar-refractivity contribution in [3.05, 3.63) is 47.9 Å². The quantitative estimate of drug-likeness (QED) is 0.597. The molecule has 0 saturated carbocycles. The number of alkyl halides is 3. The molecular formula is C16H17F3N4O2S. The van der Waals surface area contributed by atoms with Crippen LogP contribution in [-0.2, 0) is 16.0 Å². The first-order valence-corrected chi connectivity index (χ1v) is 9.18. The molecule has 0 aromatic carbocycles. The van der Waals surface area contributed by atoms with Crippen LogP contribution in [0.15, 0.2) is 46.7 Å². The molecular weight excluding hydrogens is 369 g/mol. The second kappa shape index (κ2) is 7.40. The third-order valence-corrected chi connectivity index (χ3v) is 5.22. The minimum atomic E-state index is -4.49. The maximum absolute atomic E-state index is 12.6. The van der Waals surface area contributed by atoms with Gasteiger partial charge in [0.2, 0.25) is 0 Å². The first-order valence-electron chi connectivity index (χ1n) is 7.52. The molecule has 2 aromatic heterocycles. The van der Waals surface area contributed by atoms with Crippen LogP contribution in [0.3, 0.4) is 0 Å². The van der Waals surface area contributed by atoms with E-state index >= 15 is 0 Å². The highest BCUT2D eigenvalue weighted by Crippen LogP contribution is 2.29. The lowest BCUT2D eigenvalue weighted by Crippen LogP contribution is -2.25. The molecule has 10 heteroatoms. The lowest BCUT2D eigenvalue weighted by molar-refractivity contribution is -0.137. The monoisotopic (exact) mass is 386 g/mol. The number of sulfone groups is 1. The number of nitrogens with zero attached hydrogens (tertiary/aromatic N) is 4. The summed E-state index contributed by atoms with van der Waals surface area (Å²) in [5.41, 5.74) is -0.588. The van der Waals surface area contributed by atoms with Gasteiger partial charge in [0, 0.05) is 38.2 Å². The van der Waals surface area contributed by atoms with Crippen molar-refractivity contribution in [1.29, 1.82) is 0 Å². The van der Waals surface area contributed by atoms with E-state index in [1.165, 1.54) is 25.4 Å². The first-order chi connectivity index (χ1) is 12.1. The Morgan fingerprint density at radius 2 is 1.88 bits per heavy atom. The van der Waals surface area contributed by atoms with Gasteiger partial charge in [0.1, 0.15) is 5.84 Å². The number of aromatic nitrogens is 2. The number of rotatable bonds is 4. The Kier molecular flexibility index (Phi) is 5.65. The van der Waals surface area contributed by atoms with Gasteiger partial charge in [0.05, 0.1) is 16.2 Å². The van der Waals surface area contributed by atoms with Crippen molar-refractivity contribution in [2.75, 3.05) is 19.8 Å². The average Bonchev–Trinajstić information content (AvgIpc) is 2.59. The minimum absolute atomic E-state index is 0.00172. The van der Waals surface area contributed by atoms with Crippen LogP contribution in [0.25, 0.3) is 0 Å². The van der Waals surface area contributed by atoms with Crippen LogP contribution in [0.1, 0.15) is 18.1 Å². The van der Waals surface area contributed by atoms with E-state index in [0.717, 1.165) is 12.1 Å². The van der Waals surface area contributed by atoms with Gasteiger partial charge >= 0.3 is 6.18 Å². The molecule has 0 atom stereocenters. The fourth-order valence-electron chi connectivity index (χ4n) is 2.10. The van der Waals surface area contributed by atoms with Crippen molar-refractivity contribution >= 4 is 21.5 Å². The SMILES string of the molecule is CCS(=O)(=O)c1cnccc1/C(=N/c1ccc(C(F)(F)F)cn1)N(C)C. The van der Waals surface area contributed by atoms with Crippen molar-refractivity contribution < 1.29 is 21.6 Å². The number of aliphatic imine (C=N–C) groups is 1. The Bertz CT molecular complexity index is 908. The van der Waals surface area contributed by atoms with E-state index in [2.05, 4.69) is 15.0 Å². The summed E-state index contributed by atoms with van der Waals surface area (Å²) in [6.07, 6.45) is -1.16. The summed E-state index contributed by atoms with van der Waals surface area (Å²) >= 11 is 0. The standard InChI is InChI=1S/C16H17F3N4O2S/c1-4-26(24,25)13-10-20-8-7-12(13)15(23(2)3)22-14-6-5-11(9-21-14)16(17,18)19/h5-10H,4H2,1-3H3/b22-15-. The van der Waals surface area contributed by atoms with Gasteiger partial charge in [-0.2, -0.15) is 13.2 Å². The highest BCUT2D eigenvalue weighted by molar-refractivity contribution is 7.91. The molecule has 2 heterocycles. The molecule has 2 rings (SSSR count). The number of amidine groups is 1. The van der Waals surface area contributed by atoms with Gasteiger partial charge < -0.3 is 4.90 Å². The topological polar surface area (TPSA) is 75.5 Å². The van der Waals surface area contributed by atoms with Gasteiger partial charge in [-0.25, -0.2) is 18.4 Å². The van der Waals surface area contributed by atoms with Crippen molar-refractivity contribution in [3.8, 4) is 0 Å². The average molecular weight is 386 g/mol. The van der Waals surface area contributed by atoms with E-state index in [1.54, 1.807) is 19.0 Å². The Morgan fingerprint density at radius 3 is 2.38 bits per heavy atom. The van der Waals surface area contributed by atoms with Crippen molar-refractivity contribution in [2.24, 2.45) is 4.99 Å². The van der Waals surface area contributed by atoms with Gasteiger partial charge in [-0.15, -0.1) is 0 Å². The molecule has 0 aliphatic rings. The molecule has 2 aromatic rings. The molecule has 0 amide bonds. The van der Waals surface area contributed by atoms with E-state index in [0.29, 0.717) is 11.8 Å². The zero-order valence-corrected chi connectivity index (χ0v) is 15.1. The van der Waals surface area contributed by atoms with Crippen LogP contribution in [-0.4, -0.2) is 49.0 Å². The second-order valence-corrected chi connectivity index (χ2v) is 7.75. The van der Waals surface area contributed by atoms with E-state index in [1.807, 2.05) is 0 Å². The predicted octanol–water partition coefficient (Wildman–Crippen LogP) is 2.93. The van der Waals surface area contributed by atoms with Crippen LogP contribution >= 0.6 is 0 Å². The third kappa shape index (κ3) is 4.37. The fourth-order valence-corrected chi connectivity index (χ4v) is 3.12. The Labute approximate surface area is 149 Å². The highest BCUT2D eigenvalue weighted by atomic mass is 32.2. The summed E-state index contributed by atoms with van der Waals surface area (Å²) in [5.74, 6) is 0.148. The van der Waals surface area contributed by atoms with E-state index in [-0.39, 0.29) is 22.3 Å². The lowest BCUT2D eigenvalue weighted by atomic mass is 10.2. The van der Waals surface area contributed by atoms with Gasteiger partial charge in [-0.1, -0.05) is 6.92 Å². The predicted molar refractivity (Wildman–Crippen MR) is 91.1 cm³/mol. The molecule has 0 saturated heterocycles. The molecule has 0 unspecified atom stereocenters. The summed E-state index contributed by atoms with van der Waals surface area (Å²) in [5, 5.41) is 0. The summed E-state index contributed by atoms with van der Waals surface area (Å²) in [7, 11) is -0.276. The molecule has 0 bridgehead atoms. The van der Waals surface area contributed by atoms with Crippen LogP contribution in [0, 0.1) is 0 Å². The third-order valence-electron chi connectivity index (χ3n) is 3.46. The Hall–Kier alpha value is -2.49. The smallest absolute Gasteiger partial charge is 0.362 e. The van der Waals surface area contributed by atoms with Crippen molar-refractivity contribution in [2.45, 2.75) is 18.0 Å². The maximum atomic E-state index is 12.6.